The fourth-order valence-electron chi connectivity index (χ4n) is 5.05. The molecule has 0 radical (unpaired) electrons. The maximum atomic E-state index is 15.3. The number of aryl methyl sites for hydroxylation is 2. The number of nitrogens with zero attached hydrogens (tertiary/aromatic N) is 4. The molecule has 11 nitrogen and oxygen atoms in total. The number of morpholine rings is 1. The molecule has 0 spiro atoms. The zero-order valence-corrected chi connectivity index (χ0v) is 22.8. The van der Waals surface area contributed by atoms with Gasteiger partial charge < -0.3 is 20.1 Å². The largest absolute Gasteiger partial charge is 0.480 e. The van der Waals surface area contributed by atoms with Crippen LogP contribution in [0.25, 0.3) is 16.6 Å². The van der Waals surface area contributed by atoms with Gasteiger partial charge in [0, 0.05) is 38.4 Å². The van der Waals surface area contributed by atoms with Gasteiger partial charge >= 0.3 is 11.7 Å². The van der Waals surface area contributed by atoms with Crippen molar-refractivity contribution >= 4 is 28.5 Å². The molecule has 4 aromatic rings. The van der Waals surface area contributed by atoms with E-state index in [1.165, 1.54) is 48.3 Å². The van der Waals surface area contributed by atoms with E-state index in [4.69, 9.17) is 4.74 Å². The third kappa shape index (κ3) is 5.38. The second-order valence-electron chi connectivity index (χ2n) is 9.95. The predicted molar refractivity (Wildman–Crippen MR) is 149 cm³/mol. The molecule has 1 aliphatic heterocycles. The molecular formula is C29H27F2N5O6. The number of carbonyl (C=O) groups excluding carboxylic acids is 1. The predicted octanol–water partition coefficient (Wildman–Crippen LogP) is 1.93. The lowest BCUT2D eigenvalue weighted by molar-refractivity contribution is -0.139. The van der Waals surface area contributed by atoms with Crippen molar-refractivity contribution in [1.29, 1.82) is 0 Å². The van der Waals surface area contributed by atoms with Crippen molar-refractivity contribution in [2.24, 2.45) is 7.05 Å². The van der Waals surface area contributed by atoms with E-state index in [1.807, 2.05) is 4.90 Å². The molecule has 1 fully saturated rings. The van der Waals surface area contributed by atoms with Crippen LogP contribution in [-0.4, -0.2) is 63.4 Å². The first-order valence-corrected chi connectivity index (χ1v) is 13.1. The number of carboxylic acids is 1. The van der Waals surface area contributed by atoms with Gasteiger partial charge in [-0.15, -0.1) is 0 Å². The van der Waals surface area contributed by atoms with Crippen molar-refractivity contribution in [3.05, 3.63) is 98.0 Å². The van der Waals surface area contributed by atoms with Crippen LogP contribution < -0.4 is 21.5 Å². The van der Waals surface area contributed by atoms with Crippen LogP contribution in [0, 0.1) is 18.6 Å². The highest BCUT2D eigenvalue weighted by Gasteiger charge is 2.26. The van der Waals surface area contributed by atoms with Crippen LogP contribution in [0.4, 0.5) is 14.5 Å². The number of ether oxygens (including phenoxy) is 1. The zero-order valence-electron chi connectivity index (χ0n) is 22.8. The number of nitrogens with one attached hydrogen (secondary N) is 1. The van der Waals surface area contributed by atoms with E-state index in [9.17, 15) is 24.3 Å². The fraction of sp³-hybridized carbons (Fsp3) is 0.276. The monoisotopic (exact) mass is 579 g/mol. The molecule has 42 heavy (non-hydrogen) atoms. The first-order chi connectivity index (χ1) is 20.1. The average Bonchev–Trinajstić information content (AvgIpc) is 2.96. The molecule has 0 saturated carbocycles. The second-order valence-corrected chi connectivity index (χ2v) is 9.95. The maximum absolute atomic E-state index is 15.3. The summed E-state index contributed by atoms with van der Waals surface area (Å²) in [5.74, 6) is -4.09. The summed E-state index contributed by atoms with van der Waals surface area (Å²) in [7, 11) is 1.43. The molecule has 218 valence electrons. The smallest absolute Gasteiger partial charge is 0.336 e. The quantitative estimate of drug-likeness (QED) is 0.339. The van der Waals surface area contributed by atoms with Gasteiger partial charge in [0.15, 0.2) is 0 Å². The van der Waals surface area contributed by atoms with E-state index < -0.39 is 40.8 Å². The summed E-state index contributed by atoms with van der Waals surface area (Å²) < 4.78 is 37.5. The van der Waals surface area contributed by atoms with Crippen LogP contribution in [0.2, 0.25) is 0 Å². The standard InChI is InChI=1S/C29H27F2N5O6/c1-16-11-18(35-7-9-42-10-8-35)14-21(31)25(16)26(37)33-22(28(39)40)13-17-3-4-23(20(30)12-17)36-27(38)19-5-6-32-15-24(19)34(2)29(36)41/h3-6,11-12,14-15,22H,7-10,13H2,1-2H3,(H,33,37)(H,39,40)/t22-/m0/s1. The molecule has 3 heterocycles. The number of rotatable bonds is 7. The van der Waals surface area contributed by atoms with Crippen molar-refractivity contribution in [2.75, 3.05) is 31.2 Å². The molecule has 13 heteroatoms. The summed E-state index contributed by atoms with van der Waals surface area (Å²) in [6.07, 6.45) is 2.39. The molecular weight excluding hydrogens is 552 g/mol. The third-order valence-corrected chi connectivity index (χ3v) is 7.24. The molecule has 1 saturated heterocycles. The summed E-state index contributed by atoms with van der Waals surface area (Å²) in [6.45, 7) is 3.70. The number of carbonyl (C=O) groups is 2. The molecule has 0 bridgehead atoms. The Labute approximate surface area is 237 Å². The van der Waals surface area contributed by atoms with Crippen LogP contribution >= 0.6 is 0 Å². The summed E-state index contributed by atoms with van der Waals surface area (Å²) in [5.41, 5.74) is -0.783. The summed E-state index contributed by atoms with van der Waals surface area (Å²) in [6, 6.07) is 6.31. The SMILES string of the molecule is Cc1cc(N2CCOCC2)cc(F)c1C(=O)N[C@@H](Cc1ccc(-n2c(=O)c3ccncc3n(C)c2=O)c(F)c1)C(=O)O. The van der Waals surface area contributed by atoms with Crippen LogP contribution in [0.1, 0.15) is 21.5 Å². The Morgan fingerprint density at radius 3 is 2.50 bits per heavy atom. The van der Waals surface area contributed by atoms with E-state index in [0.717, 1.165) is 6.07 Å². The molecule has 5 rings (SSSR count). The second kappa shape index (κ2) is 11.5. The van der Waals surface area contributed by atoms with Gasteiger partial charge in [0.25, 0.3) is 11.5 Å². The van der Waals surface area contributed by atoms with E-state index in [2.05, 4.69) is 10.3 Å². The van der Waals surface area contributed by atoms with Crippen molar-refractivity contribution in [1.82, 2.24) is 19.4 Å². The summed E-state index contributed by atoms with van der Waals surface area (Å²) in [5, 5.41) is 12.3. The Balaban J connectivity index is 1.39. The molecule has 2 aromatic heterocycles. The van der Waals surface area contributed by atoms with Crippen LogP contribution in [0.5, 0.6) is 0 Å². The molecule has 1 atom stereocenters. The van der Waals surface area contributed by atoms with Crippen molar-refractivity contribution in [3.63, 3.8) is 0 Å². The number of aliphatic carboxylic acids is 1. The van der Waals surface area contributed by atoms with Crippen LogP contribution in [-0.2, 0) is 23.0 Å². The number of carboxylic acid groups (broad SMARTS) is 1. The number of amides is 1. The minimum Gasteiger partial charge on any atom is -0.480 e. The van der Waals surface area contributed by atoms with Gasteiger partial charge in [-0.25, -0.2) is 22.9 Å². The molecule has 0 aliphatic carbocycles. The zero-order chi connectivity index (χ0) is 30.1. The van der Waals surface area contributed by atoms with Gasteiger partial charge in [-0.1, -0.05) is 6.07 Å². The summed E-state index contributed by atoms with van der Waals surface area (Å²) >= 11 is 0. The van der Waals surface area contributed by atoms with E-state index in [0.29, 0.717) is 42.1 Å². The molecule has 2 aromatic carbocycles. The molecule has 1 aliphatic rings. The van der Waals surface area contributed by atoms with Gasteiger partial charge in [-0.05, 0) is 48.4 Å². The lowest BCUT2D eigenvalue weighted by atomic mass is 10.0. The maximum Gasteiger partial charge on any atom is 0.336 e. The number of hydrogen-bond acceptors (Lipinski definition) is 7. The highest BCUT2D eigenvalue weighted by Crippen LogP contribution is 2.24. The van der Waals surface area contributed by atoms with Crippen LogP contribution in [0.15, 0.2) is 58.4 Å². The number of aromatic nitrogens is 3. The van der Waals surface area contributed by atoms with Crippen molar-refractivity contribution < 1.29 is 28.2 Å². The highest BCUT2D eigenvalue weighted by molar-refractivity contribution is 5.98. The Kier molecular flexibility index (Phi) is 7.85. The van der Waals surface area contributed by atoms with Gasteiger partial charge in [0.05, 0.1) is 41.6 Å². The van der Waals surface area contributed by atoms with E-state index in [1.54, 1.807) is 13.0 Å². The minimum atomic E-state index is -1.52. The normalized spacial score (nSPS) is 14.1. The number of halogens is 2. The van der Waals surface area contributed by atoms with Crippen molar-refractivity contribution in [3.8, 4) is 5.69 Å². The van der Waals surface area contributed by atoms with E-state index >= 15 is 8.78 Å². The van der Waals surface area contributed by atoms with Gasteiger partial charge in [0.1, 0.15) is 17.7 Å². The number of benzene rings is 2. The molecule has 1 amide bonds. The Morgan fingerprint density at radius 2 is 1.83 bits per heavy atom. The Hall–Kier alpha value is -4.91. The molecule has 0 unspecified atom stereocenters. The fourth-order valence-corrected chi connectivity index (χ4v) is 5.05. The van der Waals surface area contributed by atoms with Gasteiger partial charge in [0.2, 0.25) is 0 Å². The molecule has 2 N–H and O–H groups in total. The topological polar surface area (TPSA) is 136 Å². The first-order valence-electron chi connectivity index (χ1n) is 13.1. The third-order valence-electron chi connectivity index (χ3n) is 7.24. The average molecular weight is 580 g/mol. The Bertz CT molecular complexity index is 1810. The lowest BCUT2D eigenvalue weighted by Gasteiger charge is -2.29. The summed E-state index contributed by atoms with van der Waals surface area (Å²) in [4.78, 5) is 56.8. The Morgan fingerprint density at radius 1 is 1.10 bits per heavy atom. The van der Waals surface area contributed by atoms with Gasteiger partial charge in [-0.3, -0.25) is 19.1 Å². The number of hydrogen-bond donors (Lipinski definition) is 2. The number of pyridine rings is 1. The van der Waals surface area contributed by atoms with E-state index in [-0.39, 0.29) is 34.1 Å². The number of fused-ring (bicyclic) bond motifs is 1. The lowest BCUT2D eigenvalue weighted by Crippen LogP contribution is -2.43. The van der Waals surface area contributed by atoms with Crippen molar-refractivity contribution in [2.45, 2.75) is 19.4 Å². The van der Waals surface area contributed by atoms with Crippen LogP contribution in [0.3, 0.4) is 0 Å². The van der Waals surface area contributed by atoms with Gasteiger partial charge in [-0.2, -0.15) is 0 Å². The highest BCUT2D eigenvalue weighted by atomic mass is 19.1. The minimum absolute atomic E-state index is 0.157. The number of anilines is 1. The first kappa shape index (κ1) is 28.6.